The molecule has 0 saturated carbocycles. The van der Waals surface area contributed by atoms with E-state index in [0.29, 0.717) is 21.9 Å². The molecule has 1 unspecified atom stereocenters. The highest BCUT2D eigenvalue weighted by molar-refractivity contribution is 7.16. The molecular weight excluding hydrogens is 398 g/mol. The van der Waals surface area contributed by atoms with Crippen LogP contribution in [0.15, 0.2) is 28.7 Å². The summed E-state index contributed by atoms with van der Waals surface area (Å²) < 4.78 is 5.37. The smallest absolute Gasteiger partial charge is 0.261 e. The lowest BCUT2D eigenvalue weighted by molar-refractivity contribution is 0.102. The van der Waals surface area contributed by atoms with E-state index in [4.69, 9.17) is 9.83 Å². The number of rotatable bonds is 2. The Labute approximate surface area is 178 Å². The summed E-state index contributed by atoms with van der Waals surface area (Å²) >= 11 is 1.46. The maximum absolute atomic E-state index is 12.9. The van der Waals surface area contributed by atoms with Gasteiger partial charge in [-0.3, -0.25) is 10.2 Å². The van der Waals surface area contributed by atoms with E-state index in [1.807, 2.05) is 0 Å². The molecule has 3 N–H and O–H groups in total. The summed E-state index contributed by atoms with van der Waals surface area (Å²) in [5, 5.41) is 31.6. The van der Waals surface area contributed by atoms with Crippen LogP contribution in [0.5, 0.6) is 5.75 Å². The SMILES string of the molecule is CC(C)(C)C1CCc2c(sc(NC(=O)c3cc4cccc(O)c4oc3=N)c2C#N)C1. The van der Waals surface area contributed by atoms with E-state index in [2.05, 4.69) is 32.2 Å². The molecule has 6 nitrogen and oxygen atoms in total. The summed E-state index contributed by atoms with van der Waals surface area (Å²) in [5.74, 6) is -0.0546. The van der Waals surface area contributed by atoms with Crippen molar-refractivity contribution in [2.45, 2.75) is 40.0 Å². The van der Waals surface area contributed by atoms with Crippen molar-refractivity contribution in [3.8, 4) is 11.8 Å². The summed E-state index contributed by atoms with van der Waals surface area (Å²) in [7, 11) is 0. The van der Waals surface area contributed by atoms with Gasteiger partial charge < -0.3 is 14.8 Å². The Morgan fingerprint density at radius 1 is 1.40 bits per heavy atom. The predicted molar refractivity (Wildman–Crippen MR) is 116 cm³/mol. The van der Waals surface area contributed by atoms with E-state index in [9.17, 15) is 15.2 Å². The number of nitrogens with one attached hydrogen (secondary N) is 2. The van der Waals surface area contributed by atoms with Crippen LogP contribution in [0.2, 0.25) is 0 Å². The summed E-state index contributed by atoms with van der Waals surface area (Å²) in [5.41, 5.74) is 1.63. The number of amides is 1. The third kappa shape index (κ3) is 3.48. The number of thiophene rings is 1. The van der Waals surface area contributed by atoms with E-state index in [1.165, 1.54) is 23.5 Å². The molecule has 1 aliphatic rings. The number of carbonyl (C=O) groups excluding carboxylic acids is 1. The number of para-hydroxylation sites is 1. The van der Waals surface area contributed by atoms with Crippen LogP contribution in [0, 0.1) is 28.1 Å². The number of aromatic hydroxyl groups is 1. The van der Waals surface area contributed by atoms with Gasteiger partial charge in [0.1, 0.15) is 16.6 Å². The Balaban J connectivity index is 1.67. The maximum atomic E-state index is 12.9. The van der Waals surface area contributed by atoms with Crippen molar-refractivity contribution < 1.29 is 14.3 Å². The van der Waals surface area contributed by atoms with Crippen molar-refractivity contribution in [2.24, 2.45) is 11.3 Å². The molecule has 0 bridgehead atoms. The molecule has 3 aromatic rings. The number of anilines is 1. The molecule has 2 heterocycles. The van der Waals surface area contributed by atoms with Crippen LogP contribution in [0.4, 0.5) is 5.00 Å². The van der Waals surface area contributed by atoms with Gasteiger partial charge in [-0.05, 0) is 48.3 Å². The Morgan fingerprint density at radius 2 is 2.17 bits per heavy atom. The van der Waals surface area contributed by atoms with Crippen molar-refractivity contribution in [3.05, 3.63) is 51.4 Å². The quantitative estimate of drug-likeness (QED) is 0.543. The number of phenolic OH excluding ortho intramolecular Hbond substituents is 1. The lowest BCUT2D eigenvalue weighted by Crippen LogP contribution is -2.26. The highest BCUT2D eigenvalue weighted by atomic mass is 32.1. The predicted octanol–water partition coefficient (Wildman–Crippen LogP) is 4.95. The second-order valence-electron chi connectivity index (χ2n) is 8.76. The minimum atomic E-state index is -0.503. The zero-order valence-corrected chi connectivity index (χ0v) is 17.9. The molecule has 1 atom stereocenters. The van der Waals surface area contributed by atoms with Gasteiger partial charge in [0.25, 0.3) is 5.91 Å². The monoisotopic (exact) mass is 421 g/mol. The first-order valence-electron chi connectivity index (χ1n) is 9.85. The molecule has 1 aromatic carbocycles. The molecule has 4 rings (SSSR count). The first-order valence-corrected chi connectivity index (χ1v) is 10.7. The Hall–Kier alpha value is -3.11. The molecule has 154 valence electrons. The number of carbonyl (C=O) groups is 1. The molecule has 30 heavy (non-hydrogen) atoms. The van der Waals surface area contributed by atoms with Crippen molar-refractivity contribution in [1.29, 1.82) is 10.7 Å². The number of hydrogen-bond donors (Lipinski definition) is 3. The summed E-state index contributed by atoms with van der Waals surface area (Å²) in [6, 6.07) is 8.59. The molecule has 0 saturated heterocycles. The van der Waals surface area contributed by atoms with Crippen molar-refractivity contribution in [2.75, 3.05) is 5.32 Å². The largest absolute Gasteiger partial charge is 0.504 e. The number of hydrogen-bond acceptors (Lipinski definition) is 6. The van der Waals surface area contributed by atoms with Crippen LogP contribution in [-0.4, -0.2) is 11.0 Å². The maximum Gasteiger partial charge on any atom is 0.261 e. The first kappa shape index (κ1) is 20.2. The fraction of sp³-hybridized carbons (Fsp3) is 0.348. The van der Waals surface area contributed by atoms with Gasteiger partial charge in [0.05, 0.1) is 5.56 Å². The highest BCUT2D eigenvalue weighted by Crippen LogP contribution is 2.44. The van der Waals surface area contributed by atoms with E-state index in [0.717, 1.165) is 29.7 Å². The molecule has 1 amide bonds. The van der Waals surface area contributed by atoms with Gasteiger partial charge in [-0.2, -0.15) is 5.26 Å². The number of nitrogens with zero attached hydrogens (tertiary/aromatic N) is 1. The third-order valence-corrected chi connectivity index (χ3v) is 7.02. The number of fused-ring (bicyclic) bond motifs is 2. The van der Waals surface area contributed by atoms with Crippen LogP contribution < -0.4 is 10.9 Å². The minimum Gasteiger partial charge on any atom is -0.504 e. The number of benzene rings is 1. The fourth-order valence-electron chi connectivity index (χ4n) is 4.02. The topological polar surface area (TPSA) is 110 Å². The van der Waals surface area contributed by atoms with Crippen LogP contribution in [-0.2, 0) is 12.8 Å². The summed E-state index contributed by atoms with van der Waals surface area (Å²) in [4.78, 5) is 14.1. The zero-order chi connectivity index (χ0) is 21.6. The average Bonchev–Trinajstić information content (AvgIpc) is 3.03. The van der Waals surface area contributed by atoms with Gasteiger partial charge in [0, 0.05) is 10.3 Å². The minimum absolute atomic E-state index is 0.0518. The Kier molecular flexibility index (Phi) is 4.91. The van der Waals surface area contributed by atoms with E-state index < -0.39 is 5.91 Å². The Morgan fingerprint density at radius 3 is 2.87 bits per heavy atom. The molecule has 0 aliphatic heterocycles. The lowest BCUT2D eigenvalue weighted by atomic mass is 9.72. The molecule has 2 aromatic heterocycles. The van der Waals surface area contributed by atoms with E-state index >= 15 is 0 Å². The van der Waals surface area contributed by atoms with Gasteiger partial charge in [-0.15, -0.1) is 11.3 Å². The second kappa shape index (κ2) is 7.29. The highest BCUT2D eigenvalue weighted by Gasteiger charge is 2.32. The van der Waals surface area contributed by atoms with Crippen molar-refractivity contribution in [3.63, 3.8) is 0 Å². The van der Waals surface area contributed by atoms with Gasteiger partial charge >= 0.3 is 0 Å². The molecule has 1 aliphatic carbocycles. The van der Waals surface area contributed by atoms with Gasteiger partial charge in [-0.1, -0.05) is 32.9 Å². The van der Waals surface area contributed by atoms with E-state index in [-0.39, 0.29) is 27.9 Å². The third-order valence-electron chi connectivity index (χ3n) is 5.85. The normalized spacial score (nSPS) is 16.1. The molecule has 0 spiro atoms. The van der Waals surface area contributed by atoms with Crippen LogP contribution in [0.25, 0.3) is 11.0 Å². The zero-order valence-electron chi connectivity index (χ0n) is 17.1. The first-order chi connectivity index (χ1) is 14.2. The van der Waals surface area contributed by atoms with Crippen molar-refractivity contribution >= 4 is 33.2 Å². The van der Waals surface area contributed by atoms with Gasteiger partial charge in [0.2, 0.25) is 5.55 Å². The van der Waals surface area contributed by atoms with Crippen molar-refractivity contribution in [1.82, 2.24) is 0 Å². The molecule has 0 fully saturated rings. The lowest BCUT2D eigenvalue weighted by Gasteiger charge is -2.33. The number of nitriles is 1. The average molecular weight is 422 g/mol. The van der Waals surface area contributed by atoms with Crippen LogP contribution in [0.1, 0.15) is 53.6 Å². The number of phenols is 1. The van der Waals surface area contributed by atoms with E-state index in [1.54, 1.807) is 12.1 Å². The molecular formula is C23H23N3O3S. The fourth-order valence-corrected chi connectivity index (χ4v) is 5.29. The molecule has 7 heteroatoms. The summed E-state index contributed by atoms with van der Waals surface area (Å²) in [6.07, 6.45) is 2.77. The standard InChI is InChI=1S/C23H23N3O3S/c1-23(2,3)13-7-8-14-16(11-24)22(30-18(14)10-13)26-21(28)15-9-12-5-4-6-17(27)19(12)29-20(15)25/h4-6,9,13,25,27H,7-8,10H2,1-3H3,(H,26,28). The second-order valence-corrected chi connectivity index (χ2v) is 9.87. The van der Waals surface area contributed by atoms with Crippen LogP contribution >= 0.6 is 11.3 Å². The van der Waals surface area contributed by atoms with Gasteiger partial charge in [0.15, 0.2) is 11.3 Å². The summed E-state index contributed by atoms with van der Waals surface area (Å²) in [6.45, 7) is 6.71. The van der Waals surface area contributed by atoms with Gasteiger partial charge in [-0.25, -0.2) is 0 Å². The Bertz CT molecular complexity index is 1260. The van der Waals surface area contributed by atoms with Crippen LogP contribution in [0.3, 0.4) is 0 Å². The molecule has 0 radical (unpaired) electrons.